The van der Waals surface area contributed by atoms with Gasteiger partial charge in [-0.3, -0.25) is 0 Å². The lowest BCUT2D eigenvalue weighted by molar-refractivity contribution is 0.000258. The number of ether oxygens (including phenoxy) is 2. The first-order chi connectivity index (χ1) is 18.8. The Bertz CT molecular complexity index is 1400. The maximum Gasteiger partial charge on any atom is 0.257 e. The maximum absolute atomic E-state index is 16.0. The Labute approximate surface area is 226 Å². The zero-order valence-corrected chi connectivity index (χ0v) is 22.2. The Morgan fingerprint density at radius 2 is 1.87 bits per heavy atom. The number of aromatic hydroxyl groups is 1. The van der Waals surface area contributed by atoms with Gasteiger partial charge in [0, 0.05) is 28.9 Å². The van der Waals surface area contributed by atoms with Crippen molar-refractivity contribution in [3.63, 3.8) is 0 Å². The molecular formula is C29H33FN6O3. The molecule has 204 valence electrons. The number of pyridine rings is 1. The number of rotatable bonds is 5. The van der Waals surface area contributed by atoms with Gasteiger partial charge in [-0.15, -0.1) is 10.2 Å². The van der Waals surface area contributed by atoms with Gasteiger partial charge in [-0.2, -0.15) is 0 Å². The molecule has 39 heavy (non-hydrogen) atoms. The van der Waals surface area contributed by atoms with E-state index in [-0.39, 0.29) is 23.4 Å². The first-order valence-corrected chi connectivity index (χ1v) is 13.8. The second-order valence-corrected chi connectivity index (χ2v) is 11.9. The summed E-state index contributed by atoms with van der Waals surface area (Å²) in [7, 11) is 0. The summed E-state index contributed by atoms with van der Waals surface area (Å²) in [5.41, 5.74) is 1.42. The molecule has 4 aliphatic rings. The van der Waals surface area contributed by atoms with Crippen LogP contribution in [0.4, 0.5) is 10.2 Å². The third-order valence-corrected chi connectivity index (χ3v) is 8.70. The average molecular weight is 533 g/mol. The van der Waals surface area contributed by atoms with Gasteiger partial charge in [-0.1, -0.05) is 6.07 Å². The van der Waals surface area contributed by atoms with Crippen molar-refractivity contribution in [1.82, 2.24) is 25.5 Å². The standard InChI is InChI=1S/C29H33FN6O3/c1-28-8-3-9-29(2,35-28)25(30)21(14-28)36(19-5-6-19)24-16-31-26(34-33-24)20-7-4-17(12-22(20)37)18-13-23-27(32-15-18)39-11-10-38-23/h4,7,12-13,15-16,19,21,25,35,37H,3,5-6,8-11,14H2,1-2H3/t21-,25-,28-,29+/m1/s1. The Morgan fingerprint density at radius 1 is 1.03 bits per heavy atom. The lowest BCUT2D eigenvalue weighted by Gasteiger charge is -2.57. The minimum atomic E-state index is -1.01. The second-order valence-electron chi connectivity index (χ2n) is 11.9. The molecule has 7 rings (SSSR count). The zero-order chi connectivity index (χ0) is 26.8. The van der Waals surface area contributed by atoms with E-state index in [1.807, 2.05) is 19.1 Å². The van der Waals surface area contributed by atoms with Crippen LogP contribution in [0, 0.1) is 0 Å². The van der Waals surface area contributed by atoms with Crippen LogP contribution in [-0.4, -0.2) is 67.8 Å². The first kappa shape index (κ1) is 24.5. The molecular weight excluding hydrogens is 499 g/mol. The monoisotopic (exact) mass is 532 g/mol. The predicted molar refractivity (Wildman–Crippen MR) is 144 cm³/mol. The van der Waals surface area contributed by atoms with Gasteiger partial charge in [0.1, 0.15) is 25.1 Å². The molecule has 2 saturated heterocycles. The summed E-state index contributed by atoms with van der Waals surface area (Å²) in [5.74, 6) is 2.00. The number of nitrogens with zero attached hydrogens (tertiary/aromatic N) is 5. The fraction of sp³-hybridized carbons (Fsp3) is 0.517. The number of hydrogen-bond donors (Lipinski definition) is 2. The molecule has 3 aliphatic heterocycles. The number of halogens is 1. The van der Waals surface area contributed by atoms with Crippen LogP contribution >= 0.6 is 0 Å². The number of fused-ring (bicyclic) bond motifs is 3. The largest absolute Gasteiger partial charge is 0.507 e. The van der Waals surface area contributed by atoms with Gasteiger partial charge in [0.2, 0.25) is 0 Å². The summed E-state index contributed by atoms with van der Waals surface area (Å²) in [6.45, 7) is 5.19. The van der Waals surface area contributed by atoms with Crippen LogP contribution < -0.4 is 19.7 Å². The highest BCUT2D eigenvalue weighted by molar-refractivity contribution is 5.73. The molecule has 9 nitrogen and oxygen atoms in total. The molecule has 0 spiro atoms. The molecule has 5 heterocycles. The normalized spacial score (nSPS) is 29.6. The highest BCUT2D eigenvalue weighted by atomic mass is 19.1. The van der Waals surface area contributed by atoms with Crippen LogP contribution in [0.5, 0.6) is 17.4 Å². The Kier molecular flexibility index (Phi) is 5.66. The Hall–Kier alpha value is -3.53. The van der Waals surface area contributed by atoms with Gasteiger partial charge < -0.3 is 24.8 Å². The van der Waals surface area contributed by atoms with Crippen molar-refractivity contribution in [3.8, 4) is 39.9 Å². The van der Waals surface area contributed by atoms with Crippen molar-refractivity contribution < 1.29 is 19.0 Å². The van der Waals surface area contributed by atoms with E-state index >= 15 is 4.39 Å². The number of aromatic nitrogens is 4. The summed E-state index contributed by atoms with van der Waals surface area (Å²) in [6, 6.07) is 7.13. The van der Waals surface area contributed by atoms with E-state index < -0.39 is 11.7 Å². The molecule has 10 heteroatoms. The number of phenols is 1. The van der Waals surface area contributed by atoms with E-state index in [1.165, 1.54) is 0 Å². The maximum atomic E-state index is 16.0. The fourth-order valence-corrected chi connectivity index (χ4v) is 6.73. The predicted octanol–water partition coefficient (Wildman–Crippen LogP) is 4.45. The highest BCUT2D eigenvalue weighted by Crippen LogP contribution is 2.46. The molecule has 0 unspecified atom stereocenters. The third kappa shape index (κ3) is 4.34. The fourth-order valence-electron chi connectivity index (χ4n) is 6.73. The molecule has 3 aromatic rings. The van der Waals surface area contributed by atoms with Gasteiger partial charge in [-0.25, -0.2) is 14.4 Å². The van der Waals surface area contributed by atoms with Crippen molar-refractivity contribution in [2.24, 2.45) is 0 Å². The average Bonchev–Trinajstić information content (AvgIpc) is 3.77. The van der Waals surface area contributed by atoms with E-state index in [2.05, 4.69) is 37.3 Å². The molecule has 2 bridgehead atoms. The SMILES string of the molecule is C[C@]12CCC[C@](C)(N1)[C@H](F)[C@H](N(c1cnc(-c3ccc(-c4cnc5c(c4)OCCO5)cc3O)nn1)C1CC1)C2. The number of anilines is 1. The zero-order valence-electron chi connectivity index (χ0n) is 22.2. The van der Waals surface area contributed by atoms with Gasteiger partial charge in [0.25, 0.3) is 5.88 Å². The number of benzene rings is 1. The van der Waals surface area contributed by atoms with Crippen LogP contribution in [0.3, 0.4) is 0 Å². The van der Waals surface area contributed by atoms with Gasteiger partial charge in [0.05, 0.1) is 17.8 Å². The summed E-state index contributed by atoms with van der Waals surface area (Å²) in [5, 5.41) is 23.4. The molecule has 0 amide bonds. The summed E-state index contributed by atoms with van der Waals surface area (Å²) < 4.78 is 27.2. The lowest BCUT2D eigenvalue weighted by atomic mass is 9.68. The molecule has 2 aromatic heterocycles. The third-order valence-electron chi connectivity index (χ3n) is 8.70. The number of phenolic OH excluding ortho intramolecular Hbond substituents is 1. The van der Waals surface area contributed by atoms with Crippen molar-refractivity contribution in [1.29, 1.82) is 0 Å². The van der Waals surface area contributed by atoms with Gasteiger partial charge in [-0.05, 0) is 76.1 Å². The van der Waals surface area contributed by atoms with E-state index in [9.17, 15) is 5.11 Å². The molecule has 2 N–H and O–H groups in total. The Balaban J connectivity index is 1.15. The number of piperidine rings is 2. The minimum absolute atomic E-state index is 0.0341. The number of alkyl halides is 1. The van der Waals surface area contributed by atoms with Crippen molar-refractivity contribution in [2.45, 2.75) is 81.7 Å². The molecule has 4 atom stereocenters. The first-order valence-electron chi connectivity index (χ1n) is 13.8. The van der Waals surface area contributed by atoms with E-state index in [0.29, 0.717) is 42.0 Å². The van der Waals surface area contributed by atoms with Crippen molar-refractivity contribution in [3.05, 3.63) is 36.7 Å². The summed E-state index contributed by atoms with van der Waals surface area (Å²) in [6.07, 6.45) is 8.03. The van der Waals surface area contributed by atoms with Crippen LogP contribution in [0.15, 0.2) is 36.7 Å². The summed E-state index contributed by atoms with van der Waals surface area (Å²) in [4.78, 5) is 11.0. The van der Waals surface area contributed by atoms with E-state index in [1.54, 1.807) is 24.5 Å². The topological polar surface area (TPSA) is 106 Å². The molecule has 1 saturated carbocycles. The van der Waals surface area contributed by atoms with Crippen LogP contribution in [0.2, 0.25) is 0 Å². The second kappa shape index (κ2) is 9.01. The molecule has 0 radical (unpaired) electrons. The summed E-state index contributed by atoms with van der Waals surface area (Å²) >= 11 is 0. The van der Waals surface area contributed by atoms with Crippen LogP contribution in [0.1, 0.15) is 52.4 Å². The highest BCUT2D eigenvalue weighted by Gasteiger charge is 2.55. The number of nitrogens with one attached hydrogen (secondary N) is 1. The van der Waals surface area contributed by atoms with E-state index in [0.717, 1.165) is 49.7 Å². The number of hydrogen-bond acceptors (Lipinski definition) is 9. The quantitative estimate of drug-likeness (QED) is 0.493. The van der Waals surface area contributed by atoms with Gasteiger partial charge in [0.15, 0.2) is 17.4 Å². The minimum Gasteiger partial charge on any atom is -0.507 e. The van der Waals surface area contributed by atoms with Gasteiger partial charge >= 0.3 is 0 Å². The lowest BCUT2D eigenvalue weighted by Crippen LogP contribution is -2.73. The van der Waals surface area contributed by atoms with Crippen molar-refractivity contribution in [2.75, 3.05) is 18.1 Å². The molecule has 3 fully saturated rings. The smallest absolute Gasteiger partial charge is 0.257 e. The molecule has 1 aliphatic carbocycles. The van der Waals surface area contributed by atoms with Crippen LogP contribution in [0.25, 0.3) is 22.5 Å². The Morgan fingerprint density at radius 3 is 2.64 bits per heavy atom. The molecule has 1 aromatic carbocycles. The van der Waals surface area contributed by atoms with Crippen molar-refractivity contribution >= 4 is 5.82 Å². The van der Waals surface area contributed by atoms with Crippen LogP contribution in [-0.2, 0) is 0 Å². The van der Waals surface area contributed by atoms with E-state index in [4.69, 9.17) is 9.47 Å².